The van der Waals surface area contributed by atoms with Crippen LogP contribution in [0, 0.1) is 25.5 Å². The summed E-state index contributed by atoms with van der Waals surface area (Å²) in [6, 6.07) is 5.16. The van der Waals surface area contributed by atoms with Gasteiger partial charge in [0.1, 0.15) is 23.9 Å². The van der Waals surface area contributed by atoms with Crippen molar-refractivity contribution in [3.63, 3.8) is 0 Å². The fourth-order valence-electron chi connectivity index (χ4n) is 3.06. The Bertz CT molecular complexity index is 1070. The van der Waals surface area contributed by atoms with Gasteiger partial charge in [0.2, 0.25) is 5.88 Å². The largest absolute Gasteiger partial charge is 0.474 e. The van der Waals surface area contributed by atoms with Crippen LogP contribution in [0.3, 0.4) is 0 Å². The van der Waals surface area contributed by atoms with Gasteiger partial charge in [-0.05, 0) is 31.5 Å². The van der Waals surface area contributed by atoms with E-state index >= 15 is 0 Å². The van der Waals surface area contributed by atoms with E-state index in [1.165, 1.54) is 16.8 Å². The van der Waals surface area contributed by atoms with Crippen molar-refractivity contribution in [1.82, 2.24) is 20.0 Å². The van der Waals surface area contributed by atoms with Crippen molar-refractivity contribution in [3.8, 4) is 5.88 Å². The maximum Gasteiger partial charge on any atom is 0.281 e. The smallest absolute Gasteiger partial charge is 0.281 e. The molecule has 7 nitrogen and oxygen atoms in total. The van der Waals surface area contributed by atoms with Crippen LogP contribution in [0.2, 0.25) is 0 Å². The van der Waals surface area contributed by atoms with Crippen molar-refractivity contribution in [3.05, 3.63) is 64.6 Å². The number of carbonyl (C=O) groups is 1. The van der Waals surface area contributed by atoms with Gasteiger partial charge in [0.25, 0.3) is 5.91 Å². The van der Waals surface area contributed by atoms with Crippen molar-refractivity contribution in [2.24, 2.45) is 0 Å². The van der Waals surface area contributed by atoms with Crippen LogP contribution in [0.1, 0.15) is 27.3 Å². The number of nitrogens with zero attached hydrogens (tertiary/aromatic N) is 5. The first-order valence-corrected chi connectivity index (χ1v) is 8.69. The van der Waals surface area contributed by atoms with Crippen LogP contribution in [0.4, 0.5) is 14.5 Å². The zero-order chi connectivity index (χ0) is 19.8. The standard InChI is InChI=1S/C19H17F2N5O2/c1-11-7-16-18(22-9-11)28-6-5-25(16)19(27)17-12(2)26(24-23-17)10-13-3-4-14(20)8-15(13)21/h3-4,7-9H,5-6,10H2,1-2H3. The minimum absolute atomic E-state index is 0.0403. The molecule has 0 unspecified atom stereocenters. The molecule has 0 bridgehead atoms. The predicted molar refractivity (Wildman–Crippen MR) is 96.4 cm³/mol. The monoisotopic (exact) mass is 385 g/mol. The summed E-state index contributed by atoms with van der Waals surface area (Å²) in [4.78, 5) is 18.8. The molecule has 1 aliphatic heterocycles. The van der Waals surface area contributed by atoms with E-state index in [9.17, 15) is 13.6 Å². The highest BCUT2D eigenvalue weighted by molar-refractivity contribution is 6.06. The molecule has 1 amide bonds. The highest BCUT2D eigenvalue weighted by Gasteiger charge is 2.29. The van der Waals surface area contributed by atoms with Gasteiger partial charge in [0.05, 0.1) is 18.8 Å². The third-order valence-corrected chi connectivity index (χ3v) is 4.58. The van der Waals surface area contributed by atoms with Crippen molar-refractivity contribution in [2.45, 2.75) is 20.4 Å². The third-order valence-electron chi connectivity index (χ3n) is 4.58. The van der Waals surface area contributed by atoms with Crippen molar-refractivity contribution in [2.75, 3.05) is 18.1 Å². The van der Waals surface area contributed by atoms with Crippen LogP contribution in [0.25, 0.3) is 0 Å². The highest BCUT2D eigenvalue weighted by atomic mass is 19.1. The molecule has 0 N–H and O–H groups in total. The minimum Gasteiger partial charge on any atom is -0.474 e. The summed E-state index contributed by atoms with van der Waals surface area (Å²) in [5.74, 6) is -1.27. The molecule has 0 aliphatic carbocycles. The first-order valence-electron chi connectivity index (χ1n) is 8.69. The van der Waals surface area contributed by atoms with Crippen LogP contribution in [-0.4, -0.2) is 39.0 Å². The maximum absolute atomic E-state index is 13.9. The Morgan fingerprint density at radius 2 is 2.07 bits per heavy atom. The fraction of sp³-hybridized carbons (Fsp3) is 0.263. The first kappa shape index (κ1) is 18.0. The van der Waals surface area contributed by atoms with E-state index in [0.717, 1.165) is 11.6 Å². The molecular weight excluding hydrogens is 368 g/mol. The summed E-state index contributed by atoms with van der Waals surface area (Å²) in [7, 11) is 0. The van der Waals surface area contributed by atoms with Gasteiger partial charge in [-0.3, -0.25) is 9.69 Å². The fourth-order valence-corrected chi connectivity index (χ4v) is 3.06. The Morgan fingerprint density at radius 1 is 1.25 bits per heavy atom. The van der Waals surface area contributed by atoms with E-state index in [4.69, 9.17) is 4.74 Å². The van der Waals surface area contributed by atoms with Crippen molar-refractivity contribution >= 4 is 11.6 Å². The van der Waals surface area contributed by atoms with E-state index in [1.807, 2.05) is 13.0 Å². The second kappa shape index (κ2) is 6.99. The van der Waals surface area contributed by atoms with Crippen LogP contribution in [0.5, 0.6) is 5.88 Å². The summed E-state index contributed by atoms with van der Waals surface area (Å²) in [6.45, 7) is 4.28. The number of hydrogen-bond donors (Lipinski definition) is 0. The quantitative estimate of drug-likeness (QED) is 0.693. The number of carbonyl (C=O) groups excluding carboxylic acids is 1. The summed E-state index contributed by atoms with van der Waals surface area (Å²) in [5, 5.41) is 7.97. The molecule has 2 aromatic heterocycles. The van der Waals surface area contributed by atoms with Gasteiger partial charge in [-0.1, -0.05) is 11.3 Å². The minimum atomic E-state index is -0.675. The number of anilines is 1. The van der Waals surface area contributed by atoms with E-state index in [-0.39, 0.29) is 23.7 Å². The lowest BCUT2D eigenvalue weighted by molar-refractivity contribution is 0.0970. The van der Waals surface area contributed by atoms with Gasteiger partial charge in [-0.2, -0.15) is 0 Å². The molecule has 0 spiro atoms. The number of halogens is 2. The number of fused-ring (bicyclic) bond motifs is 1. The SMILES string of the molecule is Cc1cnc2c(c1)N(C(=O)c1nnn(Cc3ccc(F)cc3F)c1C)CCO2. The Balaban J connectivity index is 1.63. The van der Waals surface area contributed by atoms with Crippen LogP contribution >= 0.6 is 0 Å². The molecule has 4 rings (SSSR count). The number of benzene rings is 1. The second-order valence-electron chi connectivity index (χ2n) is 6.56. The molecule has 1 aliphatic rings. The topological polar surface area (TPSA) is 73.1 Å². The summed E-state index contributed by atoms with van der Waals surface area (Å²) in [6.07, 6.45) is 1.67. The number of ether oxygens (including phenoxy) is 1. The summed E-state index contributed by atoms with van der Waals surface area (Å²) >= 11 is 0. The molecule has 28 heavy (non-hydrogen) atoms. The number of amides is 1. The Labute approximate surface area is 159 Å². The average molecular weight is 385 g/mol. The van der Waals surface area contributed by atoms with Gasteiger partial charge in [-0.25, -0.2) is 18.4 Å². The zero-order valence-corrected chi connectivity index (χ0v) is 15.3. The Kier molecular flexibility index (Phi) is 4.50. The molecule has 0 fully saturated rings. The highest BCUT2D eigenvalue weighted by Crippen LogP contribution is 2.31. The van der Waals surface area contributed by atoms with Crippen LogP contribution in [-0.2, 0) is 6.54 Å². The lowest BCUT2D eigenvalue weighted by atomic mass is 10.2. The lowest BCUT2D eigenvalue weighted by Crippen LogP contribution is -2.38. The predicted octanol–water partition coefficient (Wildman–Crippen LogP) is 2.66. The molecule has 3 aromatic rings. The number of hydrogen-bond acceptors (Lipinski definition) is 5. The van der Waals surface area contributed by atoms with E-state index in [0.29, 0.717) is 30.4 Å². The van der Waals surface area contributed by atoms with Crippen molar-refractivity contribution < 1.29 is 18.3 Å². The third kappa shape index (κ3) is 3.19. The van der Waals surface area contributed by atoms with Crippen LogP contribution < -0.4 is 9.64 Å². The first-order chi connectivity index (χ1) is 13.4. The molecule has 3 heterocycles. The van der Waals surface area contributed by atoms with E-state index in [2.05, 4.69) is 15.3 Å². The number of rotatable bonds is 3. The van der Waals surface area contributed by atoms with Gasteiger partial charge < -0.3 is 4.74 Å². The second-order valence-corrected chi connectivity index (χ2v) is 6.56. The van der Waals surface area contributed by atoms with E-state index < -0.39 is 11.6 Å². The molecule has 0 saturated heterocycles. The molecule has 0 atom stereocenters. The summed E-state index contributed by atoms with van der Waals surface area (Å²) < 4.78 is 33.9. The van der Waals surface area contributed by atoms with E-state index in [1.54, 1.807) is 18.0 Å². The van der Waals surface area contributed by atoms with Crippen molar-refractivity contribution in [1.29, 1.82) is 0 Å². The molecule has 144 valence electrons. The lowest BCUT2D eigenvalue weighted by Gasteiger charge is -2.28. The van der Waals surface area contributed by atoms with Gasteiger partial charge in [-0.15, -0.1) is 5.10 Å². The van der Waals surface area contributed by atoms with Gasteiger partial charge >= 0.3 is 0 Å². The van der Waals surface area contributed by atoms with Gasteiger partial charge in [0.15, 0.2) is 5.69 Å². The normalized spacial score (nSPS) is 13.2. The Morgan fingerprint density at radius 3 is 2.86 bits per heavy atom. The number of aryl methyl sites for hydroxylation is 1. The molecular formula is C19H17F2N5O2. The Hall–Kier alpha value is -3.36. The molecule has 1 aromatic carbocycles. The van der Waals surface area contributed by atoms with Gasteiger partial charge in [0, 0.05) is 17.8 Å². The number of aromatic nitrogens is 4. The van der Waals surface area contributed by atoms with Crippen LogP contribution in [0.15, 0.2) is 30.5 Å². The molecule has 0 radical (unpaired) electrons. The maximum atomic E-state index is 13.9. The average Bonchev–Trinajstić information content (AvgIpc) is 3.03. The molecule has 9 heteroatoms. The summed E-state index contributed by atoms with van der Waals surface area (Å²) in [5.41, 5.74) is 2.38. The zero-order valence-electron chi connectivity index (χ0n) is 15.3. The molecule has 0 saturated carbocycles. The number of pyridine rings is 1.